The average Bonchev–Trinajstić information content (AvgIpc) is 2.52. The Morgan fingerprint density at radius 3 is 2.65 bits per heavy atom. The van der Waals surface area contributed by atoms with Crippen molar-refractivity contribution >= 4 is 18.3 Å². The molecule has 1 aliphatic rings. The van der Waals surface area contributed by atoms with Gasteiger partial charge in [-0.3, -0.25) is 14.6 Å². The van der Waals surface area contributed by atoms with E-state index in [0.29, 0.717) is 26.3 Å². The summed E-state index contributed by atoms with van der Waals surface area (Å²) in [6.45, 7) is 2.27. The van der Waals surface area contributed by atoms with Crippen molar-refractivity contribution < 1.29 is 14.3 Å². The number of benzene rings is 1. The zero-order valence-corrected chi connectivity index (χ0v) is 11.2. The molecule has 1 aromatic carbocycles. The summed E-state index contributed by atoms with van der Waals surface area (Å²) in [7, 11) is 0. The van der Waals surface area contributed by atoms with Gasteiger partial charge < -0.3 is 4.74 Å². The molecule has 1 aliphatic heterocycles. The van der Waals surface area contributed by atoms with Gasteiger partial charge in [0.1, 0.15) is 6.54 Å². The van der Waals surface area contributed by atoms with Crippen molar-refractivity contribution in [2.24, 2.45) is 0 Å². The highest BCUT2D eigenvalue weighted by Crippen LogP contribution is 2.06. The molecule has 2 rings (SSSR count). The molecule has 0 bridgehead atoms. The molecule has 1 heterocycles. The van der Waals surface area contributed by atoms with Crippen molar-refractivity contribution in [1.29, 1.82) is 0 Å². The van der Waals surface area contributed by atoms with E-state index >= 15 is 0 Å². The van der Waals surface area contributed by atoms with Crippen molar-refractivity contribution in [2.75, 3.05) is 32.8 Å². The van der Waals surface area contributed by atoms with Crippen LogP contribution >= 0.6 is 0 Å². The first kappa shape index (κ1) is 14.4. The summed E-state index contributed by atoms with van der Waals surface area (Å²) in [5.41, 5.74) is 0.942. The predicted molar refractivity (Wildman–Crippen MR) is 75.3 cm³/mol. The van der Waals surface area contributed by atoms with Gasteiger partial charge in [-0.1, -0.05) is 30.3 Å². The van der Waals surface area contributed by atoms with Gasteiger partial charge in [-0.2, -0.15) is 0 Å². The van der Waals surface area contributed by atoms with E-state index in [4.69, 9.17) is 4.74 Å². The van der Waals surface area contributed by atoms with Crippen LogP contribution in [0.3, 0.4) is 0 Å². The van der Waals surface area contributed by atoms with Crippen LogP contribution in [-0.2, 0) is 14.3 Å². The lowest BCUT2D eigenvalue weighted by molar-refractivity contribution is -0.148. The Bertz CT molecular complexity index is 467. The molecule has 20 heavy (non-hydrogen) atoms. The summed E-state index contributed by atoms with van der Waals surface area (Å²) in [5, 5.41) is 3.24. The normalized spacial score (nSPS) is 16.2. The van der Waals surface area contributed by atoms with Crippen molar-refractivity contribution in [3.05, 3.63) is 42.0 Å². The molecule has 1 aromatic rings. The minimum atomic E-state index is -0.223. The van der Waals surface area contributed by atoms with E-state index in [9.17, 15) is 9.59 Å². The zero-order valence-electron chi connectivity index (χ0n) is 11.2. The van der Waals surface area contributed by atoms with E-state index in [1.165, 1.54) is 11.1 Å². The predicted octanol–water partition coefficient (Wildman–Crippen LogP) is 0.885. The molecular weight excluding hydrogens is 256 g/mol. The third kappa shape index (κ3) is 4.01. The fourth-order valence-electron chi connectivity index (χ4n) is 1.99. The van der Waals surface area contributed by atoms with Crippen LogP contribution < -0.4 is 0 Å². The van der Waals surface area contributed by atoms with Crippen molar-refractivity contribution in [3.63, 3.8) is 0 Å². The van der Waals surface area contributed by atoms with Crippen molar-refractivity contribution in [3.8, 4) is 0 Å². The maximum Gasteiger partial charge on any atom is 0.261 e. The maximum atomic E-state index is 12.2. The van der Waals surface area contributed by atoms with Gasteiger partial charge in [-0.15, -0.1) is 0 Å². The number of nitrogens with zero attached hydrogens (tertiary/aromatic N) is 2. The highest BCUT2D eigenvalue weighted by atomic mass is 16.5. The number of morpholine rings is 1. The van der Waals surface area contributed by atoms with E-state index in [1.54, 1.807) is 12.4 Å². The van der Waals surface area contributed by atoms with E-state index in [0.717, 1.165) is 5.56 Å². The van der Waals surface area contributed by atoms with Gasteiger partial charge in [0.2, 0.25) is 6.29 Å². The SMILES string of the molecule is O=[C]CN(C(=O)/C=C/c1ccccc1)N1CCOCC1. The number of hydrazine groups is 1. The average molecular weight is 273 g/mol. The number of carbonyl (C=O) groups is 1. The van der Waals surface area contributed by atoms with E-state index in [2.05, 4.69) is 0 Å². The second kappa shape index (κ2) is 7.57. The Kier molecular flexibility index (Phi) is 5.46. The van der Waals surface area contributed by atoms with Gasteiger partial charge in [0.25, 0.3) is 5.91 Å². The summed E-state index contributed by atoms with van der Waals surface area (Å²) in [6, 6.07) is 9.55. The van der Waals surface area contributed by atoms with Gasteiger partial charge in [0, 0.05) is 19.2 Å². The Morgan fingerprint density at radius 2 is 2.00 bits per heavy atom. The lowest BCUT2D eigenvalue weighted by Gasteiger charge is -2.35. The number of hydrogen-bond donors (Lipinski definition) is 0. The largest absolute Gasteiger partial charge is 0.379 e. The first-order chi connectivity index (χ1) is 9.81. The molecule has 0 saturated carbocycles. The zero-order chi connectivity index (χ0) is 14.2. The monoisotopic (exact) mass is 273 g/mol. The number of amides is 1. The molecule has 5 nitrogen and oxygen atoms in total. The summed E-state index contributed by atoms with van der Waals surface area (Å²) in [5.74, 6) is -0.223. The maximum absolute atomic E-state index is 12.2. The van der Waals surface area contributed by atoms with Gasteiger partial charge >= 0.3 is 0 Å². The number of rotatable bonds is 5. The van der Waals surface area contributed by atoms with E-state index < -0.39 is 0 Å². The van der Waals surface area contributed by atoms with Crippen LogP contribution in [0.5, 0.6) is 0 Å². The minimum absolute atomic E-state index is 0.0576. The van der Waals surface area contributed by atoms with E-state index in [1.807, 2.05) is 35.3 Å². The molecule has 1 radical (unpaired) electrons. The smallest absolute Gasteiger partial charge is 0.261 e. The van der Waals surface area contributed by atoms with Crippen LogP contribution in [0, 0.1) is 0 Å². The number of hydrogen-bond acceptors (Lipinski definition) is 4. The van der Waals surface area contributed by atoms with Gasteiger partial charge in [0.15, 0.2) is 0 Å². The quantitative estimate of drug-likeness (QED) is 0.747. The highest BCUT2D eigenvalue weighted by Gasteiger charge is 2.21. The molecule has 0 aliphatic carbocycles. The molecule has 5 heteroatoms. The second-order valence-electron chi connectivity index (χ2n) is 4.35. The van der Waals surface area contributed by atoms with Crippen LogP contribution in [0.2, 0.25) is 0 Å². The number of ether oxygens (including phenoxy) is 1. The first-order valence-corrected chi connectivity index (χ1v) is 6.53. The van der Waals surface area contributed by atoms with Crippen LogP contribution in [-0.4, -0.2) is 55.1 Å². The van der Waals surface area contributed by atoms with Gasteiger partial charge in [-0.25, -0.2) is 5.01 Å². The molecule has 0 aromatic heterocycles. The van der Waals surface area contributed by atoms with Gasteiger partial charge in [0.05, 0.1) is 13.2 Å². The standard InChI is InChI=1S/C15H17N2O3/c18-11-8-17(16-9-12-20-13-10-16)15(19)7-6-14-4-2-1-3-5-14/h1-7H,8-10,12-13H2/b7-6+. The van der Waals surface area contributed by atoms with Gasteiger partial charge in [-0.05, 0) is 11.6 Å². The molecule has 0 spiro atoms. The van der Waals surface area contributed by atoms with Crippen molar-refractivity contribution in [1.82, 2.24) is 10.0 Å². The Labute approximate surface area is 118 Å². The topological polar surface area (TPSA) is 49.9 Å². The number of carbonyl (C=O) groups excluding carboxylic acids is 2. The Balaban J connectivity index is 2.02. The third-order valence-electron chi connectivity index (χ3n) is 3.02. The van der Waals surface area contributed by atoms with Crippen LogP contribution in [0.4, 0.5) is 0 Å². The fourth-order valence-corrected chi connectivity index (χ4v) is 1.99. The molecule has 0 unspecified atom stereocenters. The van der Waals surface area contributed by atoms with Crippen LogP contribution in [0.25, 0.3) is 6.08 Å². The molecule has 105 valence electrons. The minimum Gasteiger partial charge on any atom is -0.379 e. The third-order valence-corrected chi connectivity index (χ3v) is 3.02. The summed E-state index contributed by atoms with van der Waals surface area (Å²) in [6.07, 6.45) is 4.99. The second-order valence-corrected chi connectivity index (χ2v) is 4.35. The fraction of sp³-hybridized carbons (Fsp3) is 0.333. The van der Waals surface area contributed by atoms with Crippen molar-refractivity contribution in [2.45, 2.75) is 0 Å². The lowest BCUT2D eigenvalue weighted by atomic mass is 10.2. The van der Waals surface area contributed by atoms with Crippen LogP contribution in [0.15, 0.2) is 36.4 Å². The summed E-state index contributed by atoms with van der Waals surface area (Å²) < 4.78 is 5.24. The molecule has 1 fully saturated rings. The molecule has 1 amide bonds. The molecule has 1 saturated heterocycles. The lowest BCUT2D eigenvalue weighted by Crippen LogP contribution is -2.51. The molecular formula is C15H17N2O3. The summed E-state index contributed by atoms with van der Waals surface area (Å²) in [4.78, 5) is 22.8. The van der Waals surface area contributed by atoms with Crippen LogP contribution in [0.1, 0.15) is 5.56 Å². The highest BCUT2D eigenvalue weighted by molar-refractivity contribution is 5.92. The Hall–Kier alpha value is -1.98. The van der Waals surface area contributed by atoms with E-state index in [-0.39, 0.29) is 12.5 Å². The molecule has 0 N–H and O–H groups in total. The molecule has 0 atom stereocenters. The summed E-state index contributed by atoms with van der Waals surface area (Å²) >= 11 is 0. The Morgan fingerprint density at radius 1 is 1.30 bits per heavy atom. The first-order valence-electron chi connectivity index (χ1n) is 6.53.